The molecule has 3 aromatic heterocycles. The van der Waals surface area contributed by atoms with Gasteiger partial charge in [0.15, 0.2) is 17.5 Å². The van der Waals surface area contributed by atoms with E-state index < -0.39 is 0 Å². The monoisotopic (exact) mass is 844 g/mol. The van der Waals surface area contributed by atoms with Gasteiger partial charge in [-0.25, -0.2) is 15.0 Å². The summed E-state index contributed by atoms with van der Waals surface area (Å²) >= 11 is 0. The number of benzene rings is 9. The van der Waals surface area contributed by atoms with Gasteiger partial charge in [0, 0.05) is 49.4 Å². The first-order valence-corrected chi connectivity index (χ1v) is 22.2. The maximum Gasteiger partial charge on any atom is 0.164 e. The van der Waals surface area contributed by atoms with Crippen LogP contribution in [0.1, 0.15) is 16.7 Å². The lowest BCUT2D eigenvalue weighted by molar-refractivity contribution is 1.07. The Labute approximate surface area is 382 Å². The van der Waals surface area contributed by atoms with Gasteiger partial charge in [0.1, 0.15) is 0 Å². The molecule has 12 aromatic rings. The number of fused-ring (bicyclic) bond motifs is 6. The second-order valence-electron chi connectivity index (χ2n) is 16.9. The van der Waals surface area contributed by atoms with Crippen molar-refractivity contribution in [3.63, 3.8) is 0 Å². The van der Waals surface area contributed by atoms with E-state index in [1.165, 1.54) is 32.7 Å². The topological polar surface area (TPSA) is 72.3 Å². The summed E-state index contributed by atoms with van der Waals surface area (Å²) in [5.41, 5.74) is 16.4. The van der Waals surface area contributed by atoms with Crippen LogP contribution >= 0.6 is 0 Å². The van der Waals surface area contributed by atoms with Crippen molar-refractivity contribution in [1.29, 1.82) is 5.26 Å². The molecule has 9 aromatic carbocycles. The number of aromatic nitrogens is 5. The third-order valence-corrected chi connectivity index (χ3v) is 12.7. The number of aryl methyl sites for hydroxylation is 2. The van der Waals surface area contributed by atoms with Gasteiger partial charge in [0.2, 0.25) is 0 Å². The molecule has 0 saturated heterocycles. The summed E-state index contributed by atoms with van der Waals surface area (Å²) in [6, 6.07) is 74.6. The zero-order valence-corrected chi connectivity index (χ0v) is 36.3. The fourth-order valence-corrected chi connectivity index (χ4v) is 9.58. The molecule has 0 unspecified atom stereocenters. The Kier molecular flexibility index (Phi) is 9.22. The molecule has 6 heteroatoms. The zero-order valence-electron chi connectivity index (χ0n) is 36.3. The van der Waals surface area contributed by atoms with E-state index >= 15 is 0 Å². The second kappa shape index (κ2) is 15.7. The van der Waals surface area contributed by atoms with E-state index in [0.29, 0.717) is 23.0 Å². The van der Waals surface area contributed by atoms with Crippen LogP contribution in [0.15, 0.2) is 206 Å². The average molecular weight is 845 g/mol. The standard InChI is InChI=1S/C60H40N6/c1-38-21-30-54-49(33-38)46-17-9-11-19-52(46)65(54)56-32-28-45(60-63-58(42-13-5-3-6-14-42)62-59(64-60)43-15-7-4-8-16-43)35-51(56)48-29-27-44(41-25-23-40(37-61)24-26-41)36-57(48)66-53-20-12-10-18-47(53)50-34-39(2)22-31-55(50)66/h3-36H,1-2H3. The summed E-state index contributed by atoms with van der Waals surface area (Å²) in [5.74, 6) is 1.79. The summed E-state index contributed by atoms with van der Waals surface area (Å²) in [6.45, 7) is 4.31. The van der Waals surface area contributed by atoms with Gasteiger partial charge in [-0.05, 0) is 97.8 Å². The quantitative estimate of drug-likeness (QED) is 0.160. The Bertz CT molecular complexity index is 3840. The van der Waals surface area contributed by atoms with Crippen LogP contribution in [0.3, 0.4) is 0 Å². The molecule has 310 valence electrons. The second-order valence-corrected chi connectivity index (χ2v) is 16.9. The number of hydrogen-bond donors (Lipinski definition) is 0. The largest absolute Gasteiger partial charge is 0.309 e. The smallest absolute Gasteiger partial charge is 0.164 e. The Morgan fingerprint density at radius 1 is 0.348 bits per heavy atom. The highest BCUT2D eigenvalue weighted by atomic mass is 15.0. The molecule has 0 fully saturated rings. The molecule has 0 bridgehead atoms. The van der Waals surface area contributed by atoms with Crippen LogP contribution in [0.4, 0.5) is 0 Å². The molecular weight excluding hydrogens is 805 g/mol. The normalized spacial score (nSPS) is 11.5. The zero-order chi connectivity index (χ0) is 44.3. The van der Waals surface area contributed by atoms with Crippen LogP contribution in [0.2, 0.25) is 0 Å². The fourth-order valence-electron chi connectivity index (χ4n) is 9.58. The summed E-state index contributed by atoms with van der Waals surface area (Å²) in [4.78, 5) is 15.4. The molecule has 0 spiro atoms. The molecule has 0 amide bonds. The predicted molar refractivity (Wildman–Crippen MR) is 270 cm³/mol. The maximum atomic E-state index is 9.68. The van der Waals surface area contributed by atoms with Gasteiger partial charge in [-0.15, -0.1) is 0 Å². The van der Waals surface area contributed by atoms with Gasteiger partial charge in [-0.3, -0.25) is 0 Å². The van der Waals surface area contributed by atoms with Gasteiger partial charge in [-0.1, -0.05) is 145 Å². The fraction of sp³-hybridized carbons (Fsp3) is 0.0333. The Morgan fingerprint density at radius 2 is 0.818 bits per heavy atom. The molecule has 0 N–H and O–H groups in total. The van der Waals surface area contributed by atoms with Crippen LogP contribution in [-0.4, -0.2) is 24.1 Å². The predicted octanol–water partition coefficient (Wildman–Crippen LogP) is 14.9. The molecule has 0 radical (unpaired) electrons. The van der Waals surface area contributed by atoms with E-state index in [1.54, 1.807) is 0 Å². The van der Waals surface area contributed by atoms with E-state index in [2.05, 4.69) is 150 Å². The van der Waals surface area contributed by atoms with Gasteiger partial charge in [-0.2, -0.15) is 5.26 Å². The Hall–Kier alpha value is -8.92. The minimum Gasteiger partial charge on any atom is -0.309 e. The number of nitriles is 1. The minimum absolute atomic E-state index is 0.580. The molecule has 0 aliphatic carbocycles. The third-order valence-electron chi connectivity index (χ3n) is 12.7. The number of para-hydroxylation sites is 2. The molecule has 0 aliphatic heterocycles. The molecular formula is C60H40N6. The van der Waals surface area contributed by atoms with Crippen molar-refractivity contribution < 1.29 is 0 Å². The molecule has 3 heterocycles. The van der Waals surface area contributed by atoms with Gasteiger partial charge in [0.25, 0.3) is 0 Å². The van der Waals surface area contributed by atoms with Crippen molar-refractivity contribution in [3.05, 3.63) is 223 Å². The average Bonchev–Trinajstić information content (AvgIpc) is 3.88. The Balaban J connectivity index is 1.20. The minimum atomic E-state index is 0.580. The first kappa shape index (κ1) is 38.7. The first-order valence-electron chi connectivity index (χ1n) is 22.2. The highest BCUT2D eigenvalue weighted by Crippen LogP contribution is 2.44. The van der Waals surface area contributed by atoms with Gasteiger partial charge < -0.3 is 9.13 Å². The lowest BCUT2D eigenvalue weighted by Gasteiger charge is -2.21. The highest BCUT2D eigenvalue weighted by Gasteiger charge is 2.23. The maximum absolute atomic E-state index is 9.68. The van der Waals surface area contributed by atoms with Crippen LogP contribution < -0.4 is 0 Å². The summed E-state index contributed by atoms with van der Waals surface area (Å²) < 4.78 is 4.83. The van der Waals surface area contributed by atoms with Crippen LogP contribution in [0.5, 0.6) is 0 Å². The van der Waals surface area contributed by atoms with Crippen molar-refractivity contribution in [3.8, 4) is 73.9 Å². The molecule has 6 nitrogen and oxygen atoms in total. The first-order chi connectivity index (χ1) is 32.5. The molecule has 0 saturated carbocycles. The van der Waals surface area contributed by atoms with E-state index in [-0.39, 0.29) is 0 Å². The van der Waals surface area contributed by atoms with E-state index in [4.69, 9.17) is 15.0 Å². The SMILES string of the molecule is Cc1ccc2c(c1)c1ccccc1n2-c1ccc(-c2nc(-c3ccccc3)nc(-c3ccccc3)n2)cc1-c1ccc(-c2ccc(C#N)cc2)cc1-n1c2ccccc2c2cc(C)ccc21. The van der Waals surface area contributed by atoms with Crippen molar-refractivity contribution >= 4 is 43.6 Å². The molecule has 0 atom stereocenters. The number of nitrogens with zero attached hydrogens (tertiary/aromatic N) is 6. The molecule has 0 aliphatic rings. The van der Waals surface area contributed by atoms with E-state index in [1.807, 2.05) is 84.9 Å². The van der Waals surface area contributed by atoms with Gasteiger partial charge >= 0.3 is 0 Å². The van der Waals surface area contributed by atoms with Crippen molar-refractivity contribution in [2.24, 2.45) is 0 Å². The van der Waals surface area contributed by atoms with E-state index in [9.17, 15) is 5.26 Å². The van der Waals surface area contributed by atoms with Crippen molar-refractivity contribution in [1.82, 2.24) is 24.1 Å². The lowest BCUT2D eigenvalue weighted by atomic mass is 9.94. The summed E-state index contributed by atoms with van der Waals surface area (Å²) in [5, 5.41) is 14.5. The van der Waals surface area contributed by atoms with Crippen LogP contribution in [0, 0.1) is 25.2 Å². The summed E-state index contributed by atoms with van der Waals surface area (Å²) in [6.07, 6.45) is 0. The Morgan fingerprint density at radius 3 is 1.38 bits per heavy atom. The van der Waals surface area contributed by atoms with Crippen LogP contribution in [0.25, 0.3) is 111 Å². The van der Waals surface area contributed by atoms with Crippen molar-refractivity contribution in [2.75, 3.05) is 0 Å². The van der Waals surface area contributed by atoms with Crippen LogP contribution in [-0.2, 0) is 0 Å². The third kappa shape index (κ3) is 6.53. The number of rotatable bonds is 7. The molecule has 66 heavy (non-hydrogen) atoms. The van der Waals surface area contributed by atoms with Crippen molar-refractivity contribution in [2.45, 2.75) is 13.8 Å². The lowest BCUT2D eigenvalue weighted by Crippen LogP contribution is -2.04. The van der Waals surface area contributed by atoms with E-state index in [0.717, 1.165) is 72.4 Å². The van der Waals surface area contributed by atoms with Gasteiger partial charge in [0.05, 0.1) is 45.1 Å². The molecule has 12 rings (SSSR count). The number of hydrogen-bond acceptors (Lipinski definition) is 4. The highest BCUT2D eigenvalue weighted by molar-refractivity contribution is 6.12. The summed E-state index contributed by atoms with van der Waals surface area (Å²) in [7, 11) is 0.